The van der Waals surface area contributed by atoms with E-state index in [1.807, 2.05) is 0 Å². The Hall–Kier alpha value is -3.06. The molecule has 0 aliphatic rings. The van der Waals surface area contributed by atoms with Gasteiger partial charge in [0, 0.05) is 12.1 Å². The van der Waals surface area contributed by atoms with Crippen LogP contribution in [0, 0.1) is 10.1 Å². The highest BCUT2D eigenvalue weighted by Crippen LogP contribution is 2.37. The van der Waals surface area contributed by atoms with Crippen LogP contribution in [-0.2, 0) is 20.9 Å². The van der Waals surface area contributed by atoms with Crippen molar-refractivity contribution in [1.82, 2.24) is 4.72 Å². The number of hydrogen-bond acceptors (Lipinski definition) is 7. The molecule has 0 unspecified atom stereocenters. The Labute approximate surface area is 166 Å². The van der Waals surface area contributed by atoms with Crippen molar-refractivity contribution in [2.24, 2.45) is 0 Å². The number of nitrogens with one attached hydrogen (secondary N) is 1. The lowest BCUT2D eigenvalue weighted by Crippen LogP contribution is -2.30. The lowest BCUT2D eigenvalue weighted by molar-refractivity contribution is -0.387. The predicted molar refractivity (Wildman–Crippen MR) is 92.4 cm³/mol. The van der Waals surface area contributed by atoms with Gasteiger partial charge in [-0.05, 0) is 24.3 Å². The van der Waals surface area contributed by atoms with E-state index < -0.39 is 48.4 Å². The first-order chi connectivity index (χ1) is 13.3. The average molecular weight is 455 g/mol. The van der Waals surface area contributed by atoms with E-state index >= 15 is 0 Å². The molecule has 0 atom stereocenters. The zero-order chi connectivity index (χ0) is 22.0. The third kappa shape index (κ3) is 5.26. The van der Waals surface area contributed by atoms with E-state index in [1.165, 1.54) is 4.72 Å². The lowest BCUT2D eigenvalue weighted by atomic mass is 10.2. The van der Waals surface area contributed by atoms with Crippen molar-refractivity contribution in [3.05, 3.63) is 57.1 Å². The van der Waals surface area contributed by atoms with Gasteiger partial charge in [0.25, 0.3) is 15.7 Å². The van der Waals surface area contributed by atoms with Crippen LogP contribution >= 0.6 is 11.6 Å². The second-order valence-corrected chi connectivity index (χ2v) is 7.29. The molecule has 0 aliphatic heterocycles. The smallest absolute Gasteiger partial charge is 0.420 e. The van der Waals surface area contributed by atoms with Gasteiger partial charge in [0.1, 0.15) is 11.5 Å². The second-order valence-electron chi connectivity index (χ2n) is 5.23. The van der Waals surface area contributed by atoms with Crippen molar-refractivity contribution in [3.8, 4) is 11.5 Å². The van der Waals surface area contributed by atoms with Crippen molar-refractivity contribution in [1.29, 1.82) is 0 Å². The zero-order valence-corrected chi connectivity index (χ0v) is 15.8. The Bertz CT molecular complexity index is 1070. The first-order valence-electron chi connectivity index (χ1n) is 7.29. The van der Waals surface area contributed by atoms with E-state index in [-0.39, 0.29) is 11.5 Å². The normalized spacial score (nSPS) is 11.6. The first kappa shape index (κ1) is 22.2. The third-order valence-corrected chi connectivity index (χ3v) is 4.94. The second kappa shape index (κ2) is 8.13. The van der Waals surface area contributed by atoms with Crippen molar-refractivity contribution >= 4 is 33.4 Å². The van der Waals surface area contributed by atoms with E-state index in [0.717, 1.165) is 25.3 Å². The number of halogens is 4. The molecular weight excluding hydrogens is 445 g/mol. The molecule has 0 radical (unpaired) electrons. The largest absolute Gasteiger partial charge is 0.456 e. The number of sulfonamides is 1. The molecule has 0 saturated heterocycles. The number of carbonyl (C=O) groups is 1. The summed E-state index contributed by atoms with van der Waals surface area (Å²) in [6, 6.07) is 4.66. The Morgan fingerprint density at radius 3 is 2.38 bits per heavy atom. The fraction of sp³-hybridized carbons (Fsp3) is 0.133. The Kier molecular flexibility index (Phi) is 6.23. The quantitative estimate of drug-likeness (QED) is 0.532. The summed E-state index contributed by atoms with van der Waals surface area (Å²) in [7, 11) is -3.85. The molecule has 156 valence electrons. The highest BCUT2D eigenvalue weighted by molar-refractivity contribution is 7.90. The fourth-order valence-corrected chi connectivity index (χ4v) is 3.34. The molecule has 0 heterocycles. The highest BCUT2D eigenvalue weighted by atomic mass is 35.5. The molecule has 0 bridgehead atoms. The third-order valence-electron chi connectivity index (χ3n) is 3.31. The lowest BCUT2D eigenvalue weighted by Gasteiger charge is -2.12. The molecule has 0 saturated carbocycles. The van der Waals surface area contributed by atoms with Gasteiger partial charge in [-0.2, -0.15) is 13.2 Å². The fourth-order valence-electron chi connectivity index (χ4n) is 2.02. The molecule has 0 fully saturated rings. The molecule has 0 aliphatic carbocycles. The van der Waals surface area contributed by atoms with E-state index in [2.05, 4.69) is 4.74 Å². The zero-order valence-electron chi connectivity index (χ0n) is 14.2. The van der Waals surface area contributed by atoms with Gasteiger partial charge in [-0.1, -0.05) is 11.6 Å². The molecule has 2 rings (SSSR count). The van der Waals surface area contributed by atoms with Gasteiger partial charge in [0.2, 0.25) is 0 Å². The number of nitrogens with zero attached hydrogens (tertiary/aromatic N) is 1. The summed E-state index contributed by atoms with van der Waals surface area (Å²) < 4.78 is 73.4. The minimum Gasteiger partial charge on any atom is -0.456 e. The van der Waals surface area contributed by atoms with Crippen molar-refractivity contribution < 1.29 is 40.8 Å². The van der Waals surface area contributed by atoms with Crippen LogP contribution in [0.1, 0.15) is 5.56 Å². The number of methoxy groups -OCH3 is 1. The van der Waals surface area contributed by atoms with Crippen LogP contribution < -0.4 is 9.46 Å². The molecule has 0 aromatic heterocycles. The molecule has 1 N–H and O–H groups in total. The highest BCUT2D eigenvalue weighted by Gasteiger charge is 2.31. The topological polar surface area (TPSA) is 125 Å². The average Bonchev–Trinajstić information content (AvgIpc) is 2.61. The summed E-state index contributed by atoms with van der Waals surface area (Å²) in [6.45, 7) is 0. The maximum absolute atomic E-state index is 12.7. The Morgan fingerprint density at radius 2 is 1.86 bits per heavy atom. The number of benzene rings is 2. The van der Waals surface area contributed by atoms with Gasteiger partial charge in [-0.25, -0.2) is 17.9 Å². The van der Waals surface area contributed by atoms with E-state index in [1.54, 1.807) is 0 Å². The van der Waals surface area contributed by atoms with Gasteiger partial charge in [-0.15, -0.1) is 0 Å². The monoisotopic (exact) mass is 454 g/mol. The first-order valence-corrected chi connectivity index (χ1v) is 9.15. The number of nitro groups is 1. The summed E-state index contributed by atoms with van der Waals surface area (Å²) >= 11 is 5.76. The summed E-state index contributed by atoms with van der Waals surface area (Å²) in [4.78, 5) is 20.4. The van der Waals surface area contributed by atoms with E-state index in [0.29, 0.717) is 18.2 Å². The van der Waals surface area contributed by atoms with Crippen molar-refractivity contribution in [2.45, 2.75) is 11.1 Å². The molecule has 9 nitrogen and oxygen atoms in total. The van der Waals surface area contributed by atoms with Crippen LogP contribution in [0.5, 0.6) is 11.5 Å². The Balaban J connectivity index is 2.46. The molecule has 1 amide bonds. The number of rotatable bonds is 5. The standard InChI is InChI=1S/C15H10ClF3N2O7S/c1-27-14(22)20-29(25,26)13-7-9(3-4-11(13)21(23)24)28-12-5-2-8(6-10(12)16)15(17,18)19/h2-7H,1H3,(H,20,22). The summed E-state index contributed by atoms with van der Waals surface area (Å²) in [6.07, 6.45) is -6.03. The van der Waals surface area contributed by atoms with E-state index in [4.69, 9.17) is 16.3 Å². The minimum absolute atomic E-state index is 0.266. The van der Waals surface area contributed by atoms with E-state index in [9.17, 15) is 36.5 Å². The van der Waals surface area contributed by atoms with Gasteiger partial charge in [-0.3, -0.25) is 10.1 Å². The number of nitro benzene ring substituents is 1. The van der Waals surface area contributed by atoms with Gasteiger partial charge in [0.05, 0.1) is 22.6 Å². The van der Waals surface area contributed by atoms with Crippen LogP contribution in [0.25, 0.3) is 0 Å². The maximum atomic E-state index is 12.7. The van der Waals surface area contributed by atoms with Crippen molar-refractivity contribution in [3.63, 3.8) is 0 Å². The number of ether oxygens (including phenoxy) is 2. The molecule has 29 heavy (non-hydrogen) atoms. The number of alkyl halides is 3. The molecular formula is C15H10ClF3N2O7S. The molecule has 0 spiro atoms. The SMILES string of the molecule is COC(=O)NS(=O)(=O)c1cc(Oc2ccc(C(F)(F)F)cc2Cl)ccc1[N+](=O)[O-]. The van der Waals surface area contributed by atoms with Gasteiger partial charge >= 0.3 is 12.3 Å². The summed E-state index contributed by atoms with van der Waals surface area (Å²) in [5.74, 6) is -0.569. The van der Waals surface area contributed by atoms with Crippen molar-refractivity contribution in [2.75, 3.05) is 7.11 Å². The molecule has 2 aromatic rings. The number of hydrogen-bond donors (Lipinski definition) is 1. The molecule has 14 heteroatoms. The summed E-state index contributed by atoms with van der Waals surface area (Å²) in [5, 5.41) is 10.7. The Morgan fingerprint density at radius 1 is 1.21 bits per heavy atom. The van der Waals surface area contributed by atoms with Crippen LogP contribution in [0.15, 0.2) is 41.3 Å². The minimum atomic E-state index is -4.73. The van der Waals surface area contributed by atoms with Crippen LogP contribution in [0.2, 0.25) is 5.02 Å². The van der Waals surface area contributed by atoms with Gasteiger partial charge < -0.3 is 9.47 Å². The number of amides is 1. The van der Waals surface area contributed by atoms with Crippen LogP contribution in [0.4, 0.5) is 23.7 Å². The number of carbonyl (C=O) groups excluding carboxylic acids is 1. The maximum Gasteiger partial charge on any atom is 0.420 e. The van der Waals surface area contributed by atoms with Crippen LogP contribution in [0.3, 0.4) is 0 Å². The molecule has 2 aromatic carbocycles. The van der Waals surface area contributed by atoms with Gasteiger partial charge in [0.15, 0.2) is 4.90 Å². The van der Waals surface area contributed by atoms with Crippen LogP contribution in [-0.4, -0.2) is 26.5 Å². The summed E-state index contributed by atoms with van der Waals surface area (Å²) in [5.41, 5.74) is -1.92. The predicted octanol–water partition coefficient (Wildman–Crippen LogP) is 4.10.